The molecule has 5 nitrogen and oxygen atoms in total. The van der Waals surface area contributed by atoms with Gasteiger partial charge in [-0.15, -0.1) is 11.3 Å². The summed E-state index contributed by atoms with van der Waals surface area (Å²) < 4.78 is 13.0. The maximum absolute atomic E-state index is 5.75. The van der Waals surface area contributed by atoms with Crippen molar-refractivity contribution in [3.8, 4) is 28.4 Å². The van der Waals surface area contributed by atoms with Gasteiger partial charge in [0.15, 0.2) is 16.6 Å². The number of anilines is 1. The minimum absolute atomic E-state index is 0.284. The number of benzene rings is 1. The topological polar surface area (TPSA) is 62.3 Å². The van der Waals surface area contributed by atoms with Gasteiger partial charge in [0, 0.05) is 34.1 Å². The lowest BCUT2D eigenvalue weighted by molar-refractivity contribution is 0.174. The molecular weight excluding hydrogens is 298 g/mol. The van der Waals surface area contributed by atoms with Gasteiger partial charge in [-0.05, 0) is 32.0 Å². The summed E-state index contributed by atoms with van der Waals surface area (Å²) in [7, 11) is 0. The predicted molar refractivity (Wildman–Crippen MR) is 86.9 cm³/mol. The number of thiazole rings is 1. The van der Waals surface area contributed by atoms with Crippen LogP contribution in [-0.4, -0.2) is 16.3 Å². The molecule has 0 amide bonds. The summed E-state index contributed by atoms with van der Waals surface area (Å²) in [6.07, 6.45) is 0. The van der Waals surface area contributed by atoms with Crippen LogP contribution in [0.4, 0.5) is 5.13 Å². The van der Waals surface area contributed by atoms with E-state index in [4.69, 9.17) is 15.2 Å². The van der Waals surface area contributed by atoms with Crippen LogP contribution in [0.15, 0.2) is 29.6 Å². The number of ether oxygens (including phenoxy) is 2. The van der Waals surface area contributed by atoms with Crippen LogP contribution in [0.1, 0.15) is 11.4 Å². The van der Waals surface area contributed by atoms with Crippen LogP contribution in [0, 0.1) is 13.8 Å². The van der Waals surface area contributed by atoms with E-state index in [0.29, 0.717) is 5.13 Å². The first-order chi connectivity index (χ1) is 10.6. The van der Waals surface area contributed by atoms with E-state index < -0.39 is 0 Å². The predicted octanol–water partition coefficient (Wildman–Crippen LogP) is 3.53. The van der Waals surface area contributed by atoms with E-state index in [9.17, 15) is 0 Å². The highest BCUT2D eigenvalue weighted by Crippen LogP contribution is 2.36. The van der Waals surface area contributed by atoms with Gasteiger partial charge < -0.3 is 19.8 Å². The van der Waals surface area contributed by atoms with Crippen molar-refractivity contribution >= 4 is 16.5 Å². The Morgan fingerprint density at radius 1 is 1.18 bits per heavy atom. The summed E-state index contributed by atoms with van der Waals surface area (Å²) >= 11 is 1.46. The van der Waals surface area contributed by atoms with E-state index in [-0.39, 0.29) is 6.79 Å². The second-order valence-electron chi connectivity index (χ2n) is 5.23. The van der Waals surface area contributed by atoms with Gasteiger partial charge in [-0.25, -0.2) is 4.98 Å². The quantitative estimate of drug-likeness (QED) is 0.786. The third kappa shape index (κ3) is 1.95. The molecule has 4 rings (SSSR count). The Kier molecular flexibility index (Phi) is 2.87. The smallest absolute Gasteiger partial charge is 0.231 e. The lowest BCUT2D eigenvalue weighted by Gasteiger charge is -2.10. The Morgan fingerprint density at radius 2 is 2.00 bits per heavy atom. The van der Waals surface area contributed by atoms with E-state index in [1.54, 1.807) is 0 Å². The van der Waals surface area contributed by atoms with Gasteiger partial charge in [0.2, 0.25) is 6.79 Å². The van der Waals surface area contributed by atoms with Crippen molar-refractivity contribution in [2.24, 2.45) is 0 Å². The number of rotatable bonds is 2. The van der Waals surface area contributed by atoms with Crippen LogP contribution in [0.25, 0.3) is 16.9 Å². The Bertz CT molecular complexity index is 866. The molecule has 6 heteroatoms. The Balaban J connectivity index is 1.84. The molecule has 3 aromatic rings. The molecule has 0 saturated carbocycles. The standard InChI is InChI=1S/C16H15N3O2S/c1-9-5-12(13-7-22-16(17)18-13)10(2)19(9)11-3-4-14-15(6-11)21-8-20-14/h3-7H,8H2,1-2H3,(H2,17,18). The lowest BCUT2D eigenvalue weighted by atomic mass is 10.2. The Hall–Kier alpha value is -2.47. The van der Waals surface area contributed by atoms with Gasteiger partial charge in [0.05, 0.1) is 5.69 Å². The molecular formula is C16H15N3O2S. The number of aryl methyl sites for hydroxylation is 1. The molecule has 0 saturated heterocycles. The molecule has 1 aliphatic heterocycles. The van der Waals surface area contributed by atoms with Gasteiger partial charge in [0.25, 0.3) is 0 Å². The second-order valence-corrected chi connectivity index (χ2v) is 6.12. The van der Waals surface area contributed by atoms with Crippen molar-refractivity contribution in [3.63, 3.8) is 0 Å². The maximum Gasteiger partial charge on any atom is 0.231 e. The van der Waals surface area contributed by atoms with E-state index in [1.807, 2.05) is 23.6 Å². The summed E-state index contributed by atoms with van der Waals surface area (Å²) in [5.74, 6) is 1.57. The second kappa shape index (κ2) is 4.78. The average Bonchev–Trinajstić information content (AvgIpc) is 3.18. The number of hydrogen-bond donors (Lipinski definition) is 1. The van der Waals surface area contributed by atoms with Crippen LogP contribution in [0.5, 0.6) is 11.5 Å². The highest BCUT2D eigenvalue weighted by molar-refractivity contribution is 7.13. The van der Waals surface area contributed by atoms with Gasteiger partial charge in [-0.1, -0.05) is 0 Å². The summed E-state index contributed by atoms with van der Waals surface area (Å²) in [4.78, 5) is 4.39. The fourth-order valence-electron chi connectivity index (χ4n) is 2.86. The molecule has 0 fully saturated rings. The summed E-state index contributed by atoms with van der Waals surface area (Å²) in [6, 6.07) is 8.11. The van der Waals surface area contributed by atoms with Gasteiger partial charge >= 0.3 is 0 Å². The molecule has 0 bridgehead atoms. The molecule has 2 N–H and O–H groups in total. The molecule has 1 aromatic carbocycles. The van der Waals surface area contributed by atoms with Crippen molar-refractivity contribution in [3.05, 3.63) is 41.0 Å². The van der Waals surface area contributed by atoms with Crippen molar-refractivity contribution in [2.45, 2.75) is 13.8 Å². The van der Waals surface area contributed by atoms with E-state index in [2.05, 4.69) is 29.5 Å². The molecule has 112 valence electrons. The van der Waals surface area contributed by atoms with Crippen molar-refractivity contribution in [1.82, 2.24) is 9.55 Å². The zero-order valence-electron chi connectivity index (χ0n) is 12.3. The van der Waals surface area contributed by atoms with Crippen LogP contribution in [-0.2, 0) is 0 Å². The first kappa shape index (κ1) is 13.2. The first-order valence-corrected chi connectivity index (χ1v) is 7.82. The fraction of sp³-hybridized carbons (Fsp3) is 0.188. The summed E-state index contributed by atoms with van der Waals surface area (Å²) in [6.45, 7) is 4.45. The molecule has 3 heterocycles. The highest BCUT2D eigenvalue weighted by Gasteiger charge is 2.18. The van der Waals surface area contributed by atoms with E-state index >= 15 is 0 Å². The molecule has 0 atom stereocenters. The van der Waals surface area contributed by atoms with E-state index in [1.165, 1.54) is 11.3 Å². The third-order valence-corrected chi connectivity index (χ3v) is 4.52. The van der Waals surface area contributed by atoms with E-state index in [0.717, 1.165) is 39.8 Å². The average molecular weight is 313 g/mol. The number of nitrogens with two attached hydrogens (primary N) is 1. The van der Waals surface area contributed by atoms with Gasteiger partial charge in [-0.3, -0.25) is 0 Å². The van der Waals surface area contributed by atoms with Crippen LogP contribution < -0.4 is 15.2 Å². The van der Waals surface area contributed by atoms with Crippen molar-refractivity contribution in [1.29, 1.82) is 0 Å². The number of fused-ring (bicyclic) bond motifs is 1. The summed E-state index contributed by atoms with van der Waals surface area (Å²) in [5, 5.41) is 2.57. The van der Waals surface area contributed by atoms with Crippen molar-refractivity contribution in [2.75, 3.05) is 12.5 Å². The molecule has 0 aliphatic carbocycles. The lowest BCUT2D eigenvalue weighted by Crippen LogP contribution is -1.99. The monoisotopic (exact) mass is 313 g/mol. The van der Waals surface area contributed by atoms with Crippen LogP contribution >= 0.6 is 11.3 Å². The minimum atomic E-state index is 0.284. The van der Waals surface area contributed by atoms with Gasteiger partial charge in [0.1, 0.15) is 0 Å². The zero-order chi connectivity index (χ0) is 15.3. The van der Waals surface area contributed by atoms with Crippen LogP contribution in [0.2, 0.25) is 0 Å². The molecule has 22 heavy (non-hydrogen) atoms. The largest absolute Gasteiger partial charge is 0.454 e. The number of hydrogen-bond acceptors (Lipinski definition) is 5. The SMILES string of the molecule is Cc1cc(-c2csc(N)n2)c(C)n1-c1ccc2c(c1)OCO2. The Labute approximate surface area is 131 Å². The Morgan fingerprint density at radius 3 is 2.77 bits per heavy atom. The third-order valence-electron chi connectivity index (χ3n) is 3.84. The maximum atomic E-state index is 5.75. The molecule has 0 spiro atoms. The van der Waals surface area contributed by atoms with Crippen LogP contribution in [0.3, 0.4) is 0 Å². The number of nitrogens with zero attached hydrogens (tertiary/aromatic N) is 2. The molecule has 0 radical (unpaired) electrons. The molecule has 0 unspecified atom stereocenters. The molecule has 1 aliphatic rings. The summed E-state index contributed by atoms with van der Waals surface area (Å²) in [5.41, 5.74) is 11.1. The van der Waals surface area contributed by atoms with Gasteiger partial charge in [-0.2, -0.15) is 0 Å². The first-order valence-electron chi connectivity index (χ1n) is 6.94. The highest BCUT2D eigenvalue weighted by atomic mass is 32.1. The molecule has 2 aromatic heterocycles. The number of aromatic nitrogens is 2. The zero-order valence-corrected chi connectivity index (χ0v) is 13.1. The fourth-order valence-corrected chi connectivity index (χ4v) is 3.42. The number of nitrogen functional groups attached to an aromatic ring is 1. The minimum Gasteiger partial charge on any atom is -0.454 e. The van der Waals surface area contributed by atoms with Crippen molar-refractivity contribution < 1.29 is 9.47 Å². The normalized spacial score (nSPS) is 12.8.